The summed E-state index contributed by atoms with van der Waals surface area (Å²) in [6.45, 7) is 1.61. The van der Waals surface area contributed by atoms with E-state index < -0.39 is 0 Å². The number of hydrogen-bond donors (Lipinski definition) is 0. The second kappa shape index (κ2) is 5.69. The maximum absolute atomic E-state index is 12.4. The summed E-state index contributed by atoms with van der Waals surface area (Å²) in [7, 11) is 4.07. The van der Waals surface area contributed by atoms with Gasteiger partial charge >= 0.3 is 5.69 Å². The number of hydrogen-bond acceptors (Lipinski definition) is 3. The lowest BCUT2D eigenvalue weighted by atomic mass is 10.1. The van der Waals surface area contributed by atoms with E-state index >= 15 is 0 Å². The zero-order valence-corrected chi connectivity index (χ0v) is 12.5. The fourth-order valence-corrected chi connectivity index (χ4v) is 2.60. The van der Waals surface area contributed by atoms with E-state index in [1.165, 1.54) is 5.56 Å². The SMILES string of the molecule is CN(C)CCCn1nc2n(c1=O)C=Cc1ccccc1C2. The fraction of sp³-hybridized carbons (Fsp3) is 0.375. The number of benzene rings is 1. The molecule has 1 aromatic carbocycles. The van der Waals surface area contributed by atoms with Crippen molar-refractivity contribution in [1.29, 1.82) is 0 Å². The molecular weight excluding hydrogens is 264 g/mol. The van der Waals surface area contributed by atoms with Crippen molar-refractivity contribution < 1.29 is 0 Å². The van der Waals surface area contributed by atoms with Crippen molar-refractivity contribution >= 4 is 12.3 Å². The Labute approximate surface area is 124 Å². The highest BCUT2D eigenvalue weighted by Crippen LogP contribution is 2.18. The van der Waals surface area contributed by atoms with E-state index in [0.29, 0.717) is 13.0 Å². The van der Waals surface area contributed by atoms with Gasteiger partial charge in [0.2, 0.25) is 0 Å². The molecule has 0 aliphatic carbocycles. The lowest BCUT2D eigenvalue weighted by Crippen LogP contribution is -2.24. The number of fused-ring (bicyclic) bond motifs is 2. The Hall–Kier alpha value is -2.14. The minimum absolute atomic E-state index is 0.0483. The van der Waals surface area contributed by atoms with Crippen LogP contribution in [0.1, 0.15) is 23.4 Å². The minimum atomic E-state index is -0.0483. The first kappa shape index (κ1) is 13.8. The number of aromatic nitrogens is 3. The summed E-state index contributed by atoms with van der Waals surface area (Å²) >= 11 is 0. The van der Waals surface area contributed by atoms with Crippen molar-refractivity contribution in [3.63, 3.8) is 0 Å². The van der Waals surface area contributed by atoms with Crippen LogP contribution >= 0.6 is 0 Å². The van der Waals surface area contributed by atoms with Gasteiger partial charge in [0.05, 0.1) is 0 Å². The zero-order chi connectivity index (χ0) is 14.8. The summed E-state index contributed by atoms with van der Waals surface area (Å²) in [5, 5.41) is 4.50. The molecule has 0 atom stereocenters. The highest BCUT2D eigenvalue weighted by atomic mass is 16.2. The molecule has 2 heterocycles. The predicted molar refractivity (Wildman–Crippen MR) is 84.1 cm³/mol. The highest BCUT2D eigenvalue weighted by Gasteiger charge is 2.15. The molecule has 0 spiro atoms. The van der Waals surface area contributed by atoms with Gasteiger partial charge in [-0.05, 0) is 44.3 Å². The van der Waals surface area contributed by atoms with Gasteiger partial charge in [-0.3, -0.25) is 4.57 Å². The topological polar surface area (TPSA) is 43.1 Å². The van der Waals surface area contributed by atoms with Crippen LogP contribution in [0.5, 0.6) is 0 Å². The van der Waals surface area contributed by atoms with Gasteiger partial charge in [-0.15, -0.1) is 0 Å². The van der Waals surface area contributed by atoms with Crippen molar-refractivity contribution in [3.05, 3.63) is 51.7 Å². The third kappa shape index (κ3) is 2.83. The van der Waals surface area contributed by atoms with Crippen molar-refractivity contribution in [2.45, 2.75) is 19.4 Å². The van der Waals surface area contributed by atoms with Crippen LogP contribution in [0.15, 0.2) is 29.1 Å². The van der Waals surface area contributed by atoms with E-state index in [4.69, 9.17) is 0 Å². The van der Waals surface area contributed by atoms with E-state index in [2.05, 4.69) is 22.1 Å². The van der Waals surface area contributed by atoms with E-state index in [0.717, 1.165) is 24.4 Å². The fourth-order valence-electron chi connectivity index (χ4n) is 2.60. The van der Waals surface area contributed by atoms with Crippen LogP contribution in [-0.4, -0.2) is 39.9 Å². The summed E-state index contributed by atoms with van der Waals surface area (Å²) in [6, 6.07) is 8.18. The number of rotatable bonds is 4. The quantitative estimate of drug-likeness (QED) is 0.729. The van der Waals surface area contributed by atoms with Crippen molar-refractivity contribution in [3.8, 4) is 0 Å². The first-order valence-electron chi connectivity index (χ1n) is 7.24. The summed E-state index contributed by atoms with van der Waals surface area (Å²) < 4.78 is 3.24. The molecular formula is C16H20N4O. The van der Waals surface area contributed by atoms with Crippen LogP contribution in [0.3, 0.4) is 0 Å². The van der Waals surface area contributed by atoms with Crippen LogP contribution in [-0.2, 0) is 13.0 Å². The summed E-state index contributed by atoms with van der Waals surface area (Å²) in [5.74, 6) is 0.811. The van der Waals surface area contributed by atoms with Gasteiger partial charge in [-0.25, -0.2) is 9.48 Å². The molecule has 0 saturated heterocycles. The zero-order valence-electron chi connectivity index (χ0n) is 12.5. The summed E-state index contributed by atoms with van der Waals surface area (Å²) in [6.07, 6.45) is 5.43. The van der Waals surface area contributed by atoms with Gasteiger partial charge in [-0.2, -0.15) is 5.10 Å². The lowest BCUT2D eigenvalue weighted by molar-refractivity contribution is 0.378. The second-order valence-corrected chi connectivity index (χ2v) is 5.64. The van der Waals surface area contributed by atoms with Gasteiger partial charge in [0.15, 0.2) is 0 Å². The van der Waals surface area contributed by atoms with Crippen molar-refractivity contribution in [1.82, 2.24) is 19.2 Å². The Kier molecular flexibility index (Phi) is 3.75. The molecule has 0 saturated carbocycles. The Balaban J connectivity index is 1.87. The molecule has 0 bridgehead atoms. The molecule has 0 unspecified atom stereocenters. The second-order valence-electron chi connectivity index (χ2n) is 5.64. The average molecular weight is 284 g/mol. The Morgan fingerprint density at radius 3 is 2.90 bits per heavy atom. The largest absolute Gasteiger partial charge is 0.350 e. The van der Waals surface area contributed by atoms with E-state index in [9.17, 15) is 4.79 Å². The summed E-state index contributed by atoms with van der Waals surface area (Å²) in [5.41, 5.74) is 2.31. The molecule has 5 heteroatoms. The molecule has 1 aliphatic rings. The summed E-state index contributed by atoms with van der Waals surface area (Å²) in [4.78, 5) is 14.5. The molecule has 1 aromatic heterocycles. The maximum Gasteiger partial charge on any atom is 0.350 e. The van der Waals surface area contributed by atoms with Gasteiger partial charge in [0.25, 0.3) is 0 Å². The van der Waals surface area contributed by atoms with E-state index in [-0.39, 0.29) is 5.69 Å². The number of nitrogens with zero attached hydrogens (tertiary/aromatic N) is 4. The first-order valence-corrected chi connectivity index (χ1v) is 7.24. The van der Waals surface area contributed by atoms with Crippen LogP contribution < -0.4 is 5.69 Å². The Bertz CT molecular complexity index is 724. The normalized spacial score (nSPS) is 13.1. The van der Waals surface area contributed by atoms with Crippen molar-refractivity contribution in [2.75, 3.05) is 20.6 Å². The van der Waals surface area contributed by atoms with Crippen LogP contribution in [0, 0.1) is 0 Å². The van der Waals surface area contributed by atoms with Crippen LogP contribution in [0.2, 0.25) is 0 Å². The third-order valence-electron chi connectivity index (χ3n) is 3.72. The smallest absolute Gasteiger partial charge is 0.309 e. The predicted octanol–water partition coefficient (Wildman–Crippen LogP) is 1.53. The molecule has 110 valence electrons. The average Bonchev–Trinajstić information content (AvgIpc) is 2.65. The highest BCUT2D eigenvalue weighted by molar-refractivity contribution is 5.65. The third-order valence-corrected chi connectivity index (χ3v) is 3.72. The molecule has 5 nitrogen and oxygen atoms in total. The molecule has 21 heavy (non-hydrogen) atoms. The maximum atomic E-state index is 12.4. The van der Waals surface area contributed by atoms with E-state index in [1.54, 1.807) is 9.25 Å². The van der Waals surface area contributed by atoms with Crippen LogP contribution in [0.25, 0.3) is 12.3 Å². The van der Waals surface area contributed by atoms with Gasteiger partial charge in [-0.1, -0.05) is 24.3 Å². The van der Waals surface area contributed by atoms with Crippen molar-refractivity contribution in [2.24, 2.45) is 0 Å². The molecule has 1 aliphatic heterocycles. The lowest BCUT2D eigenvalue weighted by Gasteiger charge is -2.08. The van der Waals surface area contributed by atoms with Crippen LogP contribution in [0.4, 0.5) is 0 Å². The number of aryl methyl sites for hydroxylation is 1. The monoisotopic (exact) mass is 284 g/mol. The first-order chi connectivity index (χ1) is 10.1. The molecule has 2 aromatic rings. The Morgan fingerprint density at radius 1 is 1.29 bits per heavy atom. The minimum Gasteiger partial charge on any atom is -0.309 e. The molecule has 0 N–H and O–H groups in total. The molecule has 0 amide bonds. The molecule has 3 rings (SSSR count). The van der Waals surface area contributed by atoms with E-state index in [1.807, 2.05) is 38.5 Å². The Morgan fingerprint density at radius 2 is 2.10 bits per heavy atom. The molecule has 0 radical (unpaired) electrons. The standard InChI is InChI=1S/C16H20N4O/c1-18(2)9-5-10-20-16(21)19-11-8-13-6-3-4-7-14(13)12-15(19)17-20/h3-4,6-8,11H,5,9-10,12H2,1-2H3. The van der Waals surface area contributed by atoms with Gasteiger partial charge < -0.3 is 4.90 Å². The van der Waals surface area contributed by atoms with Gasteiger partial charge in [0.1, 0.15) is 5.82 Å². The van der Waals surface area contributed by atoms with Gasteiger partial charge in [0, 0.05) is 19.2 Å². The molecule has 0 fully saturated rings.